The fourth-order valence-corrected chi connectivity index (χ4v) is 5.14. The molecule has 0 unspecified atom stereocenters. The number of hydrogen-bond acceptors (Lipinski definition) is 2. The van der Waals surface area contributed by atoms with Crippen LogP contribution in [0.25, 0.3) is 38.6 Å². The van der Waals surface area contributed by atoms with Crippen LogP contribution in [0.5, 0.6) is 0 Å². The number of rotatable bonds is 3. The van der Waals surface area contributed by atoms with Gasteiger partial charge in [0, 0.05) is 21.9 Å². The van der Waals surface area contributed by atoms with Crippen molar-refractivity contribution in [2.45, 2.75) is 60.8 Å². The molecule has 0 spiro atoms. The molecule has 3 aromatic carbocycles. The summed E-state index contributed by atoms with van der Waals surface area (Å²) in [6.07, 6.45) is 6.27. The third-order valence-electron chi connectivity index (χ3n) is 6.68. The molecule has 2 N–H and O–H groups in total. The second-order valence-corrected chi connectivity index (χ2v) is 8.78. The van der Waals surface area contributed by atoms with Crippen LogP contribution >= 0.6 is 0 Å². The van der Waals surface area contributed by atoms with Gasteiger partial charge in [-0.2, -0.15) is 0 Å². The van der Waals surface area contributed by atoms with Gasteiger partial charge in [-0.3, -0.25) is 0 Å². The van der Waals surface area contributed by atoms with Gasteiger partial charge in [-0.25, -0.2) is 0 Å². The van der Waals surface area contributed by atoms with E-state index >= 15 is 0 Å². The summed E-state index contributed by atoms with van der Waals surface area (Å²) in [7, 11) is -1.49. The van der Waals surface area contributed by atoms with Gasteiger partial charge in [-0.15, -0.1) is 0 Å². The van der Waals surface area contributed by atoms with Crippen molar-refractivity contribution in [3.05, 3.63) is 84.0 Å². The van der Waals surface area contributed by atoms with Gasteiger partial charge in [0.15, 0.2) is 0 Å². The van der Waals surface area contributed by atoms with Crippen molar-refractivity contribution in [2.24, 2.45) is 0 Å². The third-order valence-corrected chi connectivity index (χ3v) is 6.68. The summed E-state index contributed by atoms with van der Waals surface area (Å²) in [6.45, 7) is 16.6. The molecule has 4 aromatic rings. The van der Waals surface area contributed by atoms with Gasteiger partial charge in [0.2, 0.25) is 0 Å². The molecule has 0 saturated heterocycles. The van der Waals surface area contributed by atoms with E-state index in [-0.39, 0.29) is 5.41 Å². The molecule has 1 aliphatic rings. The molecular weight excluding hydrogens is 429 g/mol. The van der Waals surface area contributed by atoms with Crippen molar-refractivity contribution in [2.75, 3.05) is 0 Å². The molecule has 3 nitrogen and oxygen atoms in total. The van der Waals surface area contributed by atoms with Crippen LogP contribution in [0.4, 0.5) is 0 Å². The van der Waals surface area contributed by atoms with E-state index in [0.717, 1.165) is 27.5 Å². The number of allylic oxidation sites excluding steroid dienone is 4. The Morgan fingerprint density at radius 2 is 1.46 bits per heavy atom. The Labute approximate surface area is 210 Å². The van der Waals surface area contributed by atoms with E-state index in [2.05, 4.69) is 67.0 Å². The fraction of sp³-hybridized carbons (Fsp3) is 0.290. The fourth-order valence-electron chi connectivity index (χ4n) is 5.14. The number of fused-ring (bicyclic) bond motifs is 6. The molecule has 5 rings (SSSR count). The van der Waals surface area contributed by atoms with Crippen molar-refractivity contribution < 1.29 is 10.0 Å². The summed E-state index contributed by atoms with van der Waals surface area (Å²) in [5.74, 6) is 0. The highest BCUT2D eigenvalue weighted by atomic mass is 16.4. The minimum absolute atomic E-state index is 0.0879. The Kier molecular flexibility index (Phi) is 8.09. The van der Waals surface area contributed by atoms with Crippen molar-refractivity contribution >= 4 is 40.1 Å². The van der Waals surface area contributed by atoms with Gasteiger partial charge in [0.05, 0.1) is 11.0 Å². The van der Waals surface area contributed by atoms with E-state index in [4.69, 9.17) is 0 Å². The maximum absolute atomic E-state index is 9.78. The van der Waals surface area contributed by atoms with Crippen LogP contribution in [0.3, 0.4) is 0 Å². The van der Waals surface area contributed by atoms with E-state index in [1.54, 1.807) is 6.07 Å². The van der Waals surface area contributed by atoms with Crippen molar-refractivity contribution in [1.82, 2.24) is 4.57 Å². The van der Waals surface area contributed by atoms with Crippen LogP contribution in [-0.2, 0) is 5.41 Å². The predicted octanol–water partition coefficient (Wildman–Crippen LogP) is 7.27. The van der Waals surface area contributed by atoms with E-state index in [1.807, 2.05) is 59.8 Å². The first-order chi connectivity index (χ1) is 16.9. The Bertz CT molecular complexity index is 1410. The first kappa shape index (κ1) is 26.5. The van der Waals surface area contributed by atoms with Crippen molar-refractivity contribution in [1.29, 1.82) is 0 Å². The SMILES string of the molecule is C/C=C\C(=C/C)n1c2ccc(B(O)O)cc2c2cc3c(cc21)-c1ccccc1C3(C)C.CC.CC. The van der Waals surface area contributed by atoms with Crippen molar-refractivity contribution in [3.8, 4) is 11.1 Å². The van der Waals surface area contributed by atoms with Gasteiger partial charge in [-0.1, -0.05) is 90.1 Å². The number of hydrogen-bond donors (Lipinski definition) is 2. The Morgan fingerprint density at radius 3 is 2.09 bits per heavy atom. The molecule has 0 aliphatic heterocycles. The maximum Gasteiger partial charge on any atom is 0.488 e. The molecule has 0 fully saturated rings. The molecular formula is C31H38BNO2. The molecule has 4 heteroatoms. The second kappa shape index (κ2) is 10.7. The van der Waals surface area contributed by atoms with E-state index in [9.17, 15) is 10.0 Å². The molecule has 1 aliphatic carbocycles. The highest BCUT2D eigenvalue weighted by Crippen LogP contribution is 2.50. The topological polar surface area (TPSA) is 45.4 Å². The molecule has 0 bridgehead atoms. The minimum Gasteiger partial charge on any atom is -0.423 e. The molecule has 1 aromatic heterocycles. The molecule has 182 valence electrons. The number of benzene rings is 3. The predicted molar refractivity (Wildman–Crippen MR) is 154 cm³/mol. The molecule has 35 heavy (non-hydrogen) atoms. The van der Waals surface area contributed by atoms with Crippen LogP contribution in [0.1, 0.15) is 66.5 Å². The summed E-state index contributed by atoms with van der Waals surface area (Å²) in [6, 6.07) is 19.0. The normalized spacial score (nSPS) is 13.7. The lowest BCUT2D eigenvalue weighted by Crippen LogP contribution is -2.29. The zero-order valence-electron chi connectivity index (χ0n) is 22.3. The molecule has 1 heterocycles. The van der Waals surface area contributed by atoms with Gasteiger partial charge in [-0.05, 0) is 65.8 Å². The van der Waals surface area contributed by atoms with Gasteiger partial charge >= 0.3 is 7.12 Å². The molecule has 0 amide bonds. The lowest BCUT2D eigenvalue weighted by Gasteiger charge is -2.21. The molecule has 0 saturated carbocycles. The number of aromatic nitrogens is 1. The summed E-state index contributed by atoms with van der Waals surface area (Å²) < 4.78 is 2.27. The Hall–Kier alpha value is -3.08. The quantitative estimate of drug-likeness (QED) is 0.246. The maximum atomic E-state index is 9.78. The summed E-state index contributed by atoms with van der Waals surface area (Å²) >= 11 is 0. The van der Waals surface area contributed by atoms with Crippen LogP contribution in [0.2, 0.25) is 0 Å². The Balaban J connectivity index is 0.000000815. The molecule has 0 radical (unpaired) electrons. The smallest absolute Gasteiger partial charge is 0.423 e. The van der Waals surface area contributed by atoms with E-state index < -0.39 is 7.12 Å². The van der Waals surface area contributed by atoms with Gasteiger partial charge in [0.25, 0.3) is 0 Å². The standard InChI is InChI=1S/C27H26BNO2.2C2H6/c1-5-9-18(6-2)29-25-13-12-17(28(30)31)14-21(25)22-15-24-20(16-26(22)29)19-10-7-8-11-23(19)27(24,3)4;2*1-2/h5-16,30-31H,1-4H3;2*1-2H3/b9-5-,18-6+;;. The average molecular weight is 467 g/mol. The Morgan fingerprint density at radius 1 is 0.800 bits per heavy atom. The highest BCUT2D eigenvalue weighted by molar-refractivity contribution is 6.59. The van der Waals surface area contributed by atoms with Crippen LogP contribution in [0.15, 0.2) is 72.8 Å². The first-order valence-corrected chi connectivity index (χ1v) is 12.8. The minimum atomic E-state index is -1.49. The van der Waals surface area contributed by atoms with Crippen LogP contribution in [-0.4, -0.2) is 21.7 Å². The lowest BCUT2D eigenvalue weighted by atomic mass is 9.79. The zero-order chi connectivity index (χ0) is 25.9. The van der Waals surface area contributed by atoms with E-state index in [0.29, 0.717) is 5.46 Å². The van der Waals surface area contributed by atoms with Crippen LogP contribution in [0, 0.1) is 0 Å². The number of nitrogens with zero attached hydrogens (tertiary/aromatic N) is 1. The summed E-state index contributed by atoms with van der Waals surface area (Å²) in [5, 5.41) is 21.7. The molecule has 0 atom stereocenters. The lowest BCUT2D eigenvalue weighted by molar-refractivity contribution is 0.426. The zero-order valence-corrected chi connectivity index (χ0v) is 22.3. The highest BCUT2D eigenvalue weighted by Gasteiger charge is 2.36. The second-order valence-electron chi connectivity index (χ2n) is 8.78. The monoisotopic (exact) mass is 467 g/mol. The van der Waals surface area contributed by atoms with Crippen LogP contribution < -0.4 is 5.46 Å². The largest absolute Gasteiger partial charge is 0.488 e. The average Bonchev–Trinajstić information content (AvgIpc) is 3.32. The van der Waals surface area contributed by atoms with Gasteiger partial charge < -0.3 is 14.6 Å². The first-order valence-electron chi connectivity index (χ1n) is 12.8. The third kappa shape index (κ3) is 4.26. The summed E-state index contributed by atoms with van der Waals surface area (Å²) in [5.41, 5.74) is 8.90. The van der Waals surface area contributed by atoms with Gasteiger partial charge in [0.1, 0.15) is 0 Å². The van der Waals surface area contributed by atoms with Crippen molar-refractivity contribution in [3.63, 3.8) is 0 Å². The van der Waals surface area contributed by atoms with E-state index in [1.165, 1.54) is 22.3 Å². The summed E-state index contributed by atoms with van der Waals surface area (Å²) in [4.78, 5) is 0.